The summed E-state index contributed by atoms with van der Waals surface area (Å²) in [4.78, 5) is 11.4. The Morgan fingerprint density at radius 2 is 2.00 bits per heavy atom. The highest BCUT2D eigenvalue weighted by Gasteiger charge is 2.30. The van der Waals surface area contributed by atoms with Gasteiger partial charge in [0.15, 0.2) is 0 Å². The van der Waals surface area contributed by atoms with E-state index in [4.69, 9.17) is 10.00 Å². The summed E-state index contributed by atoms with van der Waals surface area (Å²) in [5, 5.41) is 20.9. The Bertz CT molecular complexity index is 287. The molecule has 0 aliphatic heterocycles. The molecule has 92 valence electrons. The number of carbonyl (C=O) groups is 1. The Kier molecular flexibility index (Phi) is 4.76. The number of hydrogen-bond donors (Lipinski definition) is 2. The fourth-order valence-corrected chi connectivity index (χ4v) is 0.953. The summed E-state index contributed by atoms with van der Waals surface area (Å²) >= 11 is 0. The van der Waals surface area contributed by atoms with Crippen LogP contribution in [-0.4, -0.2) is 28.4 Å². The van der Waals surface area contributed by atoms with Gasteiger partial charge in [-0.1, -0.05) is 0 Å². The van der Waals surface area contributed by atoms with E-state index in [0.717, 1.165) is 0 Å². The van der Waals surface area contributed by atoms with Gasteiger partial charge in [0.25, 0.3) is 0 Å². The molecular weight excluding hydrogens is 208 g/mol. The number of amides is 1. The second kappa shape index (κ2) is 5.17. The highest BCUT2D eigenvalue weighted by atomic mass is 16.6. The van der Waals surface area contributed by atoms with Gasteiger partial charge in [0.2, 0.25) is 0 Å². The molecule has 0 aromatic rings. The van der Waals surface area contributed by atoms with Crippen molar-refractivity contribution in [2.75, 3.05) is 0 Å². The molecule has 0 rings (SSSR count). The van der Waals surface area contributed by atoms with Gasteiger partial charge in [-0.05, 0) is 34.6 Å². The molecule has 5 nitrogen and oxygen atoms in total. The Balaban J connectivity index is 4.31. The Labute approximate surface area is 96.4 Å². The number of nitrogens with zero attached hydrogens (tertiary/aromatic N) is 1. The summed E-state index contributed by atoms with van der Waals surface area (Å²) < 4.78 is 5.04. The lowest BCUT2D eigenvalue weighted by molar-refractivity contribution is 0.0133. The van der Waals surface area contributed by atoms with E-state index >= 15 is 0 Å². The number of ether oxygens (including phenoxy) is 1. The van der Waals surface area contributed by atoms with Gasteiger partial charge in [-0.25, -0.2) is 4.79 Å². The lowest BCUT2D eigenvalue weighted by atomic mass is 9.95. The normalized spacial score (nSPS) is 16.8. The molecule has 0 fully saturated rings. The fourth-order valence-electron chi connectivity index (χ4n) is 0.953. The molecule has 2 N–H and O–H groups in total. The molecule has 0 aromatic heterocycles. The zero-order chi connectivity index (χ0) is 13.0. The van der Waals surface area contributed by atoms with Gasteiger partial charge in [0.1, 0.15) is 5.60 Å². The summed E-state index contributed by atoms with van der Waals surface area (Å²) in [6.45, 7) is 8.39. The first-order chi connectivity index (χ1) is 7.08. The number of aliphatic hydroxyl groups is 1. The van der Waals surface area contributed by atoms with Gasteiger partial charge in [-0.15, -0.1) is 0 Å². The SMILES string of the molecule is C[C@@H](NC(=O)OC(C)(C)C)[C@@](C)(O)CC#N. The molecule has 5 heteroatoms. The van der Waals surface area contributed by atoms with E-state index < -0.39 is 23.3 Å². The van der Waals surface area contributed by atoms with Crippen molar-refractivity contribution in [2.24, 2.45) is 0 Å². The minimum Gasteiger partial charge on any atom is -0.444 e. The van der Waals surface area contributed by atoms with E-state index in [-0.39, 0.29) is 6.42 Å². The van der Waals surface area contributed by atoms with Crippen LogP contribution in [0, 0.1) is 11.3 Å². The molecule has 0 aliphatic rings. The lowest BCUT2D eigenvalue weighted by Gasteiger charge is -2.29. The second-order valence-electron chi connectivity index (χ2n) is 5.06. The molecule has 0 saturated heterocycles. The first-order valence-electron chi connectivity index (χ1n) is 5.17. The van der Waals surface area contributed by atoms with Crippen molar-refractivity contribution in [3.05, 3.63) is 0 Å². The minimum atomic E-state index is -1.26. The van der Waals surface area contributed by atoms with Gasteiger partial charge < -0.3 is 15.2 Å². The maximum absolute atomic E-state index is 11.4. The third kappa shape index (κ3) is 5.56. The molecule has 0 aliphatic carbocycles. The molecule has 0 heterocycles. The highest BCUT2D eigenvalue weighted by molar-refractivity contribution is 5.68. The van der Waals surface area contributed by atoms with Crippen LogP contribution < -0.4 is 5.32 Å². The van der Waals surface area contributed by atoms with Crippen LogP contribution >= 0.6 is 0 Å². The van der Waals surface area contributed by atoms with Gasteiger partial charge >= 0.3 is 6.09 Å². The van der Waals surface area contributed by atoms with Crippen molar-refractivity contribution < 1.29 is 14.6 Å². The fraction of sp³-hybridized carbons (Fsp3) is 0.818. The summed E-state index contributed by atoms with van der Waals surface area (Å²) in [5.41, 5.74) is -1.84. The summed E-state index contributed by atoms with van der Waals surface area (Å²) in [5.74, 6) is 0. The maximum Gasteiger partial charge on any atom is 0.407 e. The van der Waals surface area contributed by atoms with Crippen molar-refractivity contribution in [3.63, 3.8) is 0 Å². The standard InChI is InChI=1S/C11H20N2O3/c1-8(11(5,15)6-7-12)13-9(14)16-10(2,3)4/h8,15H,6H2,1-5H3,(H,13,14)/t8-,11+/m1/s1. The van der Waals surface area contributed by atoms with E-state index in [9.17, 15) is 9.90 Å². The lowest BCUT2D eigenvalue weighted by Crippen LogP contribution is -2.50. The predicted molar refractivity (Wildman–Crippen MR) is 59.7 cm³/mol. The maximum atomic E-state index is 11.4. The zero-order valence-corrected chi connectivity index (χ0v) is 10.5. The van der Waals surface area contributed by atoms with Crippen molar-refractivity contribution in [1.29, 1.82) is 5.26 Å². The van der Waals surface area contributed by atoms with E-state index in [1.54, 1.807) is 27.7 Å². The van der Waals surface area contributed by atoms with E-state index in [0.29, 0.717) is 0 Å². The average molecular weight is 228 g/mol. The molecule has 0 aromatic carbocycles. The molecule has 0 spiro atoms. The van der Waals surface area contributed by atoms with Crippen LogP contribution in [0.2, 0.25) is 0 Å². The highest BCUT2D eigenvalue weighted by Crippen LogP contribution is 2.14. The number of nitriles is 1. The first kappa shape index (κ1) is 14.7. The van der Waals surface area contributed by atoms with Crippen molar-refractivity contribution in [3.8, 4) is 6.07 Å². The van der Waals surface area contributed by atoms with Gasteiger partial charge in [-0.2, -0.15) is 5.26 Å². The number of rotatable bonds is 3. The third-order valence-electron chi connectivity index (χ3n) is 2.10. The molecule has 16 heavy (non-hydrogen) atoms. The molecule has 0 unspecified atom stereocenters. The van der Waals surface area contributed by atoms with Crippen LogP contribution in [0.25, 0.3) is 0 Å². The smallest absolute Gasteiger partial charge is 0.407 e. The summed E-state index contributed by atoms with van der Waals surface area (Å²) in [7, 11) is 0. The Morgan fingerprint density at radius 3 is 2.38 bits per heavy atom. The Morgan fingerprint density at radius 1 is 1.50 bits per heavy atom. The van der Waals surface area contributed by atoms with Crippen molar-refractivity contribution in [2.45, 2.75) is 58.3 Å². The third-order valence-corrected chi connectivity index (χ3v) is 2.10. The first-order valence-corrected chi connectivity index (χ1v) is 5.17. The van der Waals surface area contributed by atoms with Crippen LogP contribution in [0.3, 0.4) is 0 Å². The summed E-state index contributed by atoms with van der Waals surface area (Å²) in [6.07, 6.45) is -0.650. The molecule has 0 radical (unpaired) electrons. The monoisotopic (exact) mass is 228 g/mol. The number of alkyl carbamates (subject to hydrolysis) is 1. The predicted octanol–water partition coefficient (Wildman–Crippen LogP) is 1.56. The average Bonchev–Trinajstić information content (AvgIpc) is 1.99. The van der Waals surface area contributed by atoms with E-state index in [1.165, 1.54) is 6.92 Å². The summed E-state index contributed by atoms with van der Waals surface area (Å²) in [6, 6.07) is 1.31. The van der Waals surface area contributed by atoms with E-state index in [1.807, 2.05) is 6.07 Å². The number of hydrogen-bond acceptors (Lipinski definition) is 4. The van der Waals surface area contributed by atoms with Crippen LogP contribution in [0.5, 0.6) is 0 Å². The van der Waals surface area contributed by atoms with Crippen LogP contribution in [-0.2, 0) is 4.74 Å². The van der Waals surface area contributed by atoms with Gasteiger partial charge in [0.05, 0.1) is 24.1 Å². The largest absolute Gasteiger partial charge is 0.444 e. The van der Waals surface area contributed by atoms with Crippen molar-refractivity contribution >= 4 is 6.09 Å². The van der Waals surface area contributed by atoms with Gasteiger partial charge in [-0.3, -0.25) is 0 Å². The van der Waals surface area contributed by atoms with Crippen LogP contribution in [0.15, 0.2) is 0 Å². The van der Waals surface area contributed by atoms with Gasteiger partial charge in [0, 0.05) is 0 Å². The Hall–Kier alpha value is -1.28. The molecule has 2 atom stereocenters. The number of nitrogens with one attached hydrogen (secondary N) is 1. The van der Waals surface area contributed by atoms with Crippen LogP contribution in [0.4, 0.5) is 4.79 Å². The zero-order valence-electron chi connectivity index (χ0n) is 10.5. The molecule has 0 bridgehead atoms. The number of carbonyl (C=O) groups excluding carboxylic acids is 1. The van der Waals surface area contributed by atoms with Crippen molar-refractivity contribution in [1.82, 2.24) is 5.32 Å². The molecule has 1 amide bonds. The molecule has 0 saturated carbocycles. The minimum absolute atomic E-state index is 0.0516. The quantitative estimate of drug-likeness (QED) is 0.768. The molecular formula is C11H20N2O3. The van der Waals surface area contributed by atoms with Crippen LogP contribution in [0.1, 0.15) is 41.0 Å². The second-order valence-corrected chi connectivity index (χ2v) is 5.06. The van der Waals surface area contributed by atoms with E-state index in [2.05, 4.69) is 5.32 Å². The topological polar surface area (TPSA) is 82.3 Å².